The van der Waals surface area contributed by atoms with Crippen molar-refractivity contribution in [3.8, 4) is 0 Å². The Morgan fingerprint density at radius 3 is 1.38 bits per heavy atom. The van der Waals surface area contributed by atoms with E-state index in [2.05, 4.69) is 32.1 Å². The number of benzene rings is 4. The van der Waals surface area contributed by atoms with E-state index in [1.165, 1.54) is 0 Å². The van der Waals surface area contributed by atoms with Crippen molar-refractivity contribution in [1.29, 1.82) is 0 Å². The molecular formula is C38H38Cl2N8. The number of imidazole rings is 2. The normalized spacial score (nSPS) is 20.2. The average Bonchev–Trinajstić information content (AvgIpc) is 3.64. The van der Waals surface area contributed by atoms with E-state index in [0.29, 0.717) is 21.7 Å². The van der Waals surface area contributed by atoms with E-state index in [1.807, 2.05) is 100 Å². The molecule has 1 aliphatic rings. The van der Waals surface area contributed by atoms with Crippen LogP contribution < -0.4 is 11.5 Å². The summed E-state index contributed by atoms with van der Waals surface area (Å²) in [4.78, 5) is 26.7. The number of nitrogens with zero attached hydrogens (tertiary/aromatic N) is 4. The van der Waals surface area contributed by atoms with Gasteiger partial charge >= 0.3 is 0 Å². The molecule has 0 spiro atoms. The number of hydrogen-bond acceptors (Lipinski definition) is 4. The summed E-state index contributed by atoms with van der Waals surface area (Å²) in [6.07, 6.45) is 0. The number of halogens is 2. The predicted molar refractivity (Wildman–Crippen MR) is 198 cm³/mol. The lowest BCUT2D eigenvalue weighted by Gasteiger charge is -2.51. The van der Waals surface area contributed by atoms with Crippen LogP contribution in [0.3, 0.4) is 0 Å². The fourth-order valence-electron chi connectivity index (χ4n) is 7.09. The van der Waals surface area contributed by atoms with E-state index in [-0.39, 0.29) is 35.8 Å². The maximum atomic E-state index is 6.97. The summed E-state index contributed by atoms with van der Waals surface area (Å²) in [6.45, 7) is 8.03. The Kier molecular flexibility index (Phi) is 8.48. The maximum Gasteiger partial charge on any atom is 0.125 e. The number of aromatic nitrogens is 4. The molecule has 6 aromatic rings. The van der Waals surface area contributed by atoms with Crippen molar-refractivity contribution in [2.24, 2.45) is 21.5 Å². The van der Waals surface area contributed by atoms with Crippen LogP contribution in [-0.4, -0.2) is 43.7 Å². The van der Waals surface area contributed by atoms with Gasteiger partial charge in [-0.25, -0.2) is 9.97 Å². The van der Waals surface area contributed by atoms with Crippen LogP contribution in [0.5, 0.6) is 0 Å². The van der Waals surface area contributed by atoms with Crippen LogP contribution in [0.4, 0.5) is 0 Å². The average molecular weight is 678 g/mol. The molecule has 2 heterocycles. The van der Waals surface area contributed by atoms with E-state index in [9.17, 15) is 0 Å². The van der Waals surface area contributed by atoms with Crippen LogP contribution in [0.25, 0.3) is 22.1 Å². The van der Waals surface area contributed by atoms with Gasteiger partial charge in [0.05, 0.1) is 22.1 Å². The molecule has 0 radical (unpaired) electrons. The third-order valence-electron chi connectivity index (χ3n) is 9.09. The maximum absolute atomic E-state index is 6.97. The number of rotatable bonds is 8. The van der Waals surface area contributed by atoms with Gasteiger partial charge in [0.15, 0.2) is 0 Å². The van der Waals surface area contributed by atoms with Gasteiger partial charge in [-0.05, 0) is 87.4 Å². The standard InChI is InChI=1S/C38H38Cl2N8/c1-19(2)43-35(41)21-13-15-27-29(17-21)47-37(45-27)33-31(23-9-5-7-11-25(23)39)34(32(33)24-10-6-8-12-26(24)40)38-46-28-16-14-22(18-30(28)48-38)36(42)44-20(3)4/h5-20,31-34H,1-4H3,(H2,41,43)(H2,42,44)(H,45,47)(H,46,48). The van der Waals surface area contributed by atoms with Gasteiger partial charge in [-0.3, -0.25) is 9.98 Å². The lowest BCUT2D eigenvalue weighted by Crippen LogP contribution is -2.41. The van der Waals surface area contributed by atoms with Crippen LogP contribution in [0.15, 0.2) is 94.9 Å². The van der Waals surface area contributed by atoms with Gasteiger partial charge in [0.2, 0.25) is 0 Å². The molecule has 4 aromatic carbocycles. The number of fused-ring (bicyclic) bond motifs is 2. The highest BCUT2D eigenvalue weighted by molar-refractivity contribution is 6.32. The number of aromatic amines is 2. The molecule has 6 N–H and O–H groups in total. The predicted octanol–water partition coefficient (Wildman–Crippen LogP) is 8.42. The smallest absolute Gasteiger partial charge is 0.125 e. The van der Waals surface area contributed by atoms with Crippen LogP contribution >= 0.6 is 23.2 Å². The number of H-pyrrole nitrogens is 2. The van der Waals surface area contributed by atoms with E-state index >= 15 is 0 Å². The number of amidine groups is 2. The second-order valence-electron chi connectivity index (χ2n) is 13.1. The van der Waals surface area contributed by atoms with Gasteiger partial charge in [-0.2, -0.15) is 0 Å². The summed E-state index contributed by atoms with van der Waals surface area (Å²) in [6, 6.07) is 28.2. The van der Waals surface area contributed by atoms with Crippen LogP contribution in [0, 0.1) is 0 Å². The summed E-state index contributed by atoms with van der Waals surface area (Å²) in [5, 5.41) is 1.39. The first-order valence-electron chi connectivity index (χ1n) is 16.2. The van der Waals surface area contributed by atoms with Gasteiger partial charge in [0, 0.05) is 56.9 Å². The number of nitrogens with one attached hydrogen (secondary N) is 2. The van der Waals surface area contributed by atoms with Crippen molar-refractivity contribution in [3.05, 3.63) is 129 Å². The highest BCUT2D eigenvalue weighted by atomic mass is 35.5. The molecule has 1 aliphatic carbocycles. The molecule has 48 heavy (non-hydrogen) atoms. The van der Waals surface area contributed by atoms with Gasteiger partial charge in [0.25, 0.3) is 0 Å². The van der Waals surface area contributed by atoms with E-state index in [0.717, 1.165) is 56.0 Å². The zero-order chi connectivity index (χ0) is 33.7. The Bertz CT molecular complexity index is 2030. The third kappa shape index (κ3) is 5.84. The number of hydrogen-bond donors (Lipinski definition) is 4. The molecule has 0 atom stereocenters. The molecule has 1 fully saturated rings. The lowest BCUT2D eigenvalue weighted by atomic mass is 9.52. The minimum Gasteiger partial charge on any atom is -0.383 e. The van der Waals surface area contributed by atoms with Crippen molar-refractivity contribution in [2.45, 2.75) is 63.5 Å². The first kappa shape index (κ1) is 31.9. The molecule has 0 unspecified atom stereocenters. The summed E-state index contributed by atoms with van der Waals surface area (Å²) < 4.78 is 0. The highest BCUT2D eigenvalue weighted by Crippen LogP contribution is 2.67. The molecule has 2 aromatic heterocycles. The largest absolute Gasteiger partial charge is 0.383 e. The molecule has 0 aliphatic heterocycles. The van der Waals surface area contributed by atoms with Crippen LogP contribution in [0.2, 0.25) is 10.0 Å². The monoisotopic (exact) mass is 676 g/mol. The zero-order valence-electron chi connectivity index (χ0n) is 27.2. The minimum absolute atomic E-state index is 0.0693. The van der Waals surface area contributed by atoms with Gasteiger partial charge in [0.1, 0.15) is 23.3 Å². The molecule has 1 saturated carbocycles. The lowest BCUT2D eigenvalue weighted by molar-refractivity contribution is 0.213. The van der Waals surface area contributed by atoms with Crippen molar-refractivity contribution in [1.82, 2.24) is 19.9 Å². The third-order valence-corrected chi connectivity index (χ3v) is 9.78. The molecule has 0 amide bonds. The Morgan fingerprint density at radius 1 is 0.604 bits per heavy atom. The second kappa shape index (κ2) is 12.7. The Morgan fingerprint density at radius 2 is 1.00 bits per heavy atom. The fourth-order valence-corrected chi connectivity index (χ4v) is 7.61. The van der Waals surface area contributed by atoms with Crippen molar-refractivity contribution in [2.75, 3.05) is 0 Å². The van der Waals surface area contributed by atoms with Crippen molar-refractivity contribution < 1.29 is 0 Å². The summed E-state index contributed by atoms with van der Waals surface area (Å²) >= 11 is 13.9. The number of nitrogens with two attached hydrogens (primary N) is 2. The summed E-state index contributed by atoms with van der Waals surface area (Å²) in [5.41, 5.74) is 19.9. The molecule has 8 nitrogen and oxygen atoms in total. The molecule has 0 saturated heterocycles. The Balaban J connectivity index is 1.39. The quantitative estimate of drug-likeness (QED) is 0.0951. The van der Waals surface area contributed by atoms with E-state index < -0.39 is 0 Å². The number of aliphatic imine (C=N–C) groups is 2. The topological polar surface area (TPSA) is 134 Å². The molecule has 7 rings (SSSR count). The highest BCUT2D eigenvalue weighted by Gasteiger charge is 2.56. The van der Waals surface area contributed by atoms with Crippen molar-refractivity contribution in [3.63, 3.8) is 0 Å². The minimum atomic E-state index is -0.0927. The molecule has 10 heteroatoms. The van der Waals surface area contributed by atoms with Crippen molar-refractivity contribution >= 4 is 56.9 Å². The summed E-state index contributed by atoms with van der Waals surface area (Å²) in [7, 11) is 0. The molecule has 0 bridgehead atoms. The van der Waals surface area contributed by atoms with Gasteiger partial charge in [-0.1, -0.05) is 59.6 Å². The van der Waals surface area contributed by atoms with Crippen LogP contribution in [-0.2, 0) is 0 Å². The van der Waals surface area contributed by atoms with E-state index in [1.54, 1.807) is 0 Å². The SMILES string of the molecule is CC(C)N=C(N)c1ccc2nc(C3C(c4ccccc4Cl)C(c4nc5ccc(C(N)=NC(C)C)cc5[nH]4)C3c3ccccc3Cl)[nH]c2c1. The first-order valence-corrected chi connectivity index (χ1v) is 17.0. The van der Waals surface area contributed by atoms with E-state index in [4.69, 9.17) is 44.6 Å². The fraction of sp³-hybridized carbons (Fsp3) is 0.263. The Hall–Kier alpha value is -4.66. The second-order valence-corrected chi connectivity index (χ2v) is 13.9. The van der Waals surface area contributed by atoms with Crippen LogP contribution in [0.1, 0.15) is 85.3 Å². The summed E-state index contributed by atoms with van der Waals surface area (Å²) in [5.74, 6) is 2.38. The molecule has 244 valence electrons. The molecular weight excluding hydrogens is 639 g/mol. The first-order chi connectivity index (χ1) is 23.1. The Labute approximate surface area is 289 Å². The van der Waals surface area contributed by atoms with Gasteiger partial charge < -0.3 is 21.4 Å². The zero-order valence-corrected chi connectivity index (χ0v) is 28.8. The van der Waals surface area contributed by atoms with Gasteiger partial charge in [-0.15, -0.1) is 0 Å².